The average Bonchev–Trinajstić information content (AvgIpc) is 2.46. The van der Waals surface area contributed by atoms with Gasteiger partial charge in [-0.2, -0.15) is 0 Å². The number of rotatable bonds is 4. The fourth-order valence-electron chi connectivity index (χ4n) is 2.66. The maximum Gasteiger partial charge on any atom is 0.303 e. The van der Waals surface area contributed by atoms with Crippen molar-refractivity contribution in [3.63, 3.8) is 0 Å². The molecule has 2 N–H and O–H groups in total. The number of ether oxygens (including phenoxy) is 1. The predicted octanol–water partition coefficient (Wildman–Crippen LogP) is 2.39. The number of carbonyl (C=O) groups excluding carboxylic acids is 2. The van der Waals surface area contributed by atoms with E-state index in [1.165, 1.54) is 13.8 Å². The first-order chi connectivity index (χ1) is 10.1. The molecule has 1 fully saturated rings. The van der Waals surface area contributed by atoms with Crippen molar-refractivity contribution in [1.29, 1.82) is 0 Å². The largest absolute Gasteiger partial charge is 0.456 e. The minimum absolute atomic E-state index is 0.103. The van der Waals surface area contributed by atoms with E-state index in [-0.39, 0.29) is 24.0 Å². The third-order valence-electron chi connectivity index (χ3n) is 3.57. The van der Waals surface area contributed by atoms with Gasteiger partial charge in [0.25, 0.3) is 0 Å². The van der Waals surface area contributed by atoms with Crippen LogP contribution in [-0.4, -0.2) is 24.5 Å². The Morgan fingerprint density at radius 2 is 1.95 bits per heavy atom. The van der Waals surface area contributed by atoms with E-state index in [1.807, 2.05) is 24.3 Å². The zero-order chi connectivity index (χ0) is 15.2. The Morgan fingerprint density at radius 1 is 1.24 bits per heavy atom. The van der Waals surface area contributed by atoms with Crippen LogP contribution in [0.5, 0.6) is 0 Å². The molecule has 1 aliphatic rings. The van der Waals surface area contributed by atoms with E-state index in [9.17, 15) is 9.59 Å². The van der Waals surface area contributed by atoms with Gasteiger partial charge >= 0.3 is 5.97 Å². The Kier molecular flexibility index (Phi) is 5.33. The molecule has 0 radical (unpaired) electrons. The number of anilines is 1. The van der Waals surface area contributed by atoms with Crippen molar-refractivity contribution in [2.24, 2.45) is 0 Å². The molecule has 1 amide bonds. The van der Waals surface area contributed by atoms with E-state index >= 15 is 0 Å². The van der Waals surface area contributed by atoms with Crippen LogP contribution in [0.25, 0.3) is 0 Å². The van der Waals surface area contributed by atoms with Gasteiger partial charge in [-0.3, -0.25) is 9.59 Å². The van der Waals surface area contributed by atoms with Crippen LogP contribution in [0.3, 0.4) is 0 Å². The Hall–Kier alpha value is -1.88. The number of hydrogen-bond donors (Lipinski definition) is 2. The van der Waals surface area contributed by atoms with Gasteiger partial charge in [-0.05, 0) is 37.1 Å². The summed E-state index contributed by atoms with van der Waals surface area (Å²) in [6, 6.07) is 7.60. The van der Waals surface area contributed by atoms with Gasteiger partial charge < -0.3 is 15.4 Å². The van der Waals surface area contributed by atoms with Crippen molar-refractivity contribution in [3.05, 3.63) is 29.8 Å². The van der Waals surface area contributed by atoms with Crippen molar-refractivity contribution < 1.29 is 14.3 Å². The molecule has 5 nitrogen and oxygen atoms in total. The molecule has 114 valence electrons. The molecule has 2 atom stereocenters. The summed E-state index contributed by atoms with van der Waals surface area (Å²) in [5.74, 6) is -0.383. The maximum atomic E-state index is 11.4. The second kappa shape index (κ2) is 7.22. The average molecular weight is 290 g/mol. The van der Waals surface area contributed by atoms with Crippen LogP contribution in [0, 0.1) is 0 Å². The zero-order valence-electron chi connectivity index (χ0n) is 12.5. The van der Waals surface area contributed by atoms with Crippen molar-refractivity contribution in [1.82, 2.24) is 5.32 Å². The normalized spacial score (nSPS) is 19.6. The van der Waals surface area contributed by atoms with Crippen molar-refractivity contribution in [2.75, 3.05) is 11.9 Å². The summed E-state index contributed by atoms with van der Waals surface area (Å²) in [5.41, 5.74) is 1.68. The Labute approximate surface area is 125 Å². The predicted molar refractivity (Wildman–Crippen MR) is 80.9 cm³/mol. The fourth-order valence-corrected chi connectivity index (χ4v) is 2.66. The number of amides is 1. The fraction of sp³-hybridized carbons (Fsp3) is 0.500. The third kappa shape index (κ3) is 4.56. The van der Waals surface area contributed by atoms with Crippen LogP contribution in [-0.2, 0) is 14.3 Å². The van der Waals surface area contributed by atoms with Gasteiger partial charge in [-0.1, -0.05) is 18.6 Å². The number of piperidine rings is 1. The van der Waals surface area contributed by atoms with E-state index in [1.54, 1.807) is 0 Å². The smallest absolute Gasteiger partial charge is 0.303 e. The van der Waals surface area contributed by atoms with Crippen LogP contribution in [0.4, 0.5) is 5.69 Å². The van der Waals surface area contributed by atoms with E-state index in [0.29, 0.717) is 0 Å². The first-order valence-corrected chi connectivity index (χ1v) is 7.34. The molecule has 5 heteroatoms. The highest BCUT2D eigenvalue weighted by Gasteiger charge is 2.27. The summed E-state index contributed by atoms with van der Waals surface area (Å²) >= 11 is 0. The van der Waals surface area contributed by atoms with Crippen LogP contribution in [0.15, 0.2) is 24.3 Å². The maximum absolute atomic E-state index is 11.4. The van der Waals surface area contributed by atoms with E-state index in [4.69, 9.17) is 4.74 Å². The van der Waals surface area contributed by atoms with Crippen molar-refractivity contribution >= 4 is 17.6 Å². The summed E-state index contributed by atoms with van der Waals surface area (Å²) in [5, 5.41) is 6.15. The molecule has 0 bridgehead atoms. The molecule has 0 spiro atoms. The standard InChI is InChI=1S/C16H22N2O3/c1-11(19)18-14-8-6-13(7-9-14)16(21-12(2)20)15-5-3-4-10-17-15/h6-9,15-17H,3-5,10H2,1-2H3,(H,18,19). The first kappa shape index (κ1) is 15.5. The Bertz CT molecular complexity index is 493. The molecular weight excluding hydrogens is 268 g/mol. The summed E-state index contributed by atoms with van der Waals surface area (Å²) in [6.07, 6.45) is 3.00. The van der Waals surface area contributed by atoms with Crippen LogP contribution < -0.4 is 10.6 Å². The number of nitrogens with one attached hydrogen (secondary N) is 2. The van der Waals surface area contributed by atoms with Gasteiger partial charge in [-0.25, -0.2) is 0 Å². The van der Waals surface area contributed by atoms with Gasteiger partial charge in [0, 0.05) is 25.6 Å². The lowest BCUT2D eigenvalue weighted by atomic mass is 9.94. The molecule has 2 rings (SSSR count). The highest BCUT2D eigenvalue weighted by atomic mass is 16.5. The van der Waals surface area contributed by atoms with Crippen LogP contribution in [0.2, 0.25) is 0 Å². The molecular formula is C16H22N2O3. The lowest BCUT2D eigenvalue weighted by Gasteiger charge is -2.31. The first-order valence-electron chi connectivity index (χ1n) is 7.34. The molecule has 0 aromatic heterocycles. The zero-order valence-corrected chi connectivity index (χ0v) is 12.5. The molecule has 21 heavy (non-hydrogen) atoms. The highest BCUT2D eigenvalue weighted by molar-refractivity contribution is 5.88. The van der Waals surface area contributed by atoms with Crippen LogP contribution >= 0.6 is 0 Å². The second-order valence-corrected chi connectivity index (χ2v) is 5.39. The number of benzene rings is 1. The number of esters is 1. The number of carbonyl (C=O) groups is 2. The molecule has 1 aromatic rings. The lowest BCUT2D eigenvalue weighted by Crippen LogP contribution is -2.40. The third-order valence-corrected chi connectivity index (χ3v) is 3.57. The quantitative estimate of drug-likeness (QED) is 0.836. The molecule has 1 heterocycles. The molecule has 2 unspecified atom stereocenters. The highest BCUT2D eigenvalue weighted by Crippen LogP contribution is 2.27. The Morgan fingerprint density at radius 3 is 2.48 bits per heavy atom. The van der Waals surface area contributed by atoms with Crippen LogP contribution in [0.1, 0.15) is 44.8 Å². The van der Waals surface area contributed by atoms with Gasteiger partial charge in [0.05, 0.1) is 0 Å². The van der Waals surface area contributed by atoms with Gasteiger partial charge in [0.15, 0.2) is 0 Å². The van der Waals surface area contributed by atoms with Crippen molar-refractivity contribution in [2.45, 2.75) is 45.3 Å². The molecule has 0 saturated carbocycles. The van der Waals surface area contributed by atoms with Gasteiger partial charge in [-0.15, -0.1) is 0 Å². The molecule has 1 saturated heterocycles. The van der Waals surface area contributed by atoms with Gasteiger partial charge in [0.1, 0.15) is 6.10 Å². The van der Waals surface area contributed by atoms with E-state index in [0.717, 1.165) is 37.1 Å². The second-order valence-electron chi connectivity index (χ2n) is 5.39. The molecule has 1 aliphatic heterocycles. The Balaban J connectivity index is 2.15. The SMILES string of the molecule is CC(=O)Nc1ccc(C(OC(C)=O)C2CCCCN2)cc1. The van der Waals surface area contributed by atoms with Crippen molar-refractivity contribution in [3.8, 4) is 0 Å². The monoisotopic (exact) mass is 290 g/mol. The molecule has 1 aromatic carbocycles. The minimum atomic E-state index is -0.283. The molecule has 0 aliphatic carbocycles. The van der Waals surface area contributed by atoms with Gasteiger partial charge in [0.2, 0.25) is 5.91 Å². The van der Waals surface area contributed by atoms with E-state index in [2.05, 4.69) is 10.6 Å². The minimum Gasteiger partial charge on any atom is -0.456 e. The van der Waals surface area contributed by atoms with E-state index < -0.39 is 0 Å². The number of hydrogen-bond acceptors (Lipinski definition) is 4. The summed E-state index contributed by atoms with van der Waals surface area (Å²) < 4.78 is 5.51. The summed E-state index contributed by atoms with van der Waals surface area (Å²) in [4.78, 5) is 22.4. The summed E-state index contributed by atoms with van der Waals surface area (Å²) in [7, 11) is 0. The summed E-state index contributed by atoms with van der Waals surface area (Å²) in [6.45, 7) is 3.86. The lowest BCUT2D eigenvalue weighted by molar-refractivity contribution is -0.148. The topological polar surface area (TPSA) is 67.4 Å².